The largest absolute Gasteiger partial charge is 0.545 e. The molecule has 0 fully saturated rings. The van der Waals surface area contributed by atoms with Crippen molar-refractivity contribution in [1.82, 2.24) is 0 Å². The van der Waals surface area contributed by atoms with Crippen LogP contribution in [0.1, 0.15) is 21.5 Å². The summed E-state index contributed by atoms with van der Waals surface area (Å²) in [5.74, 6) is -1.13. The lowest BCUT2D eigenvalue weighted by Crippen LogP contribution is -2.23. The van der Waals surface area contributed by atoms with Crippen LogP contribution >= 0.6 is 0 Å². The van der Waals surface area contributed by atoms with E-state index in [9.17, 15) is 9.90 Å². The SMILES string of the molecule is O=C([O-])c1ccccc1Cc1ccc(-c2ccccc2)cc1. The molecule has 0 aromatic heterocycles. The Labute approximate surface area is 129 Å². The fraction of sp³-hybridized carbons (Fsp3) is 0.0500. The molecular formula is C20H15O2-. The summed E-state index contributed by atoms with van der Waals surface area (Å²) in [5, 5.41) is 11.1. The van der Waals surface area contributed by atoms with Crippen LogP contribution < -0.4 is 5.11 Å². The lowest BCUT2D eigenvalue weighted by molar-refractivity contribution is -0.255. The minimum atomic E-state index is -1.13. The fourth-order valence-corrected chi connectivity index (χ4v) is 2.54. The van der Waals surface area contributed by atoms with Crippen LogP contribution in [0.2, 0.25) is 0 Å². The zero-order valence-corrected chi connectivity index (χ0v) is 12.0. The van der Waals surface area contributed by atoms with E-state index >= 15 is 0 Å². The van der Waals surface area contributed by atoms with Crippen molar-refractivity contribution >= 4 is 5.97 Å². The van der Waals surface area contributed by atoms with Crippen LogP contribution in [0.25, 0.3) is 11.1 Å². The van der Waals surface area contributed by atoms with Crippen molar-refractivity contribution in [3.63, 3.8) is 0 Å². The van der Waals surface area contributed by atoms with Gasteiger partial charge in [-0.25, -0.2) is 0 Å². The first-order chi connectivity index (χ1) is 10.7. The van der Waals surface area contributed by atoms with Gasteiger partial charge in [0.25, 0.3) is 0 Å². The standard InChI is InChI=1S/C20H16O2/c21-20(22)19-9-5-4-8-18(19)14-15-10-12-17(13-11-15)16-6-2-1-3-7-16/h1-13H,14H2,(H,21,22)/p-1. The molecular weight excluding hydrogens is 272 g/mol. The Morgan fingerprint density at radius 2 is 1.32 bits per heavy atom. The third kappa shape index (κ3) is 3.07. The van der Waals surface area contributed by atoms with Crippen LogP contribution in [-0.2, 0) is 6.42 Å². The lowest BCUT2D eigenvalue weighted by Gasteiger charge is -2.10. The molecule has 0 aliphatic carbocycles. The smallest absolute Gasteiger partial charge is 0.0718 e. The molecule has 0 unspecified atom stereocenters. The maximum Gasteiger partial charge on any atom is 0.0718 e. The maximum atomic E-state index is 11.1. The molecule has 2 heteroatoms. The molecule has 108 valence electrons. The molecule has 0 aliphatic heterocycles. The Balaban J connectivity index is 1.84. The number of carbonyl (C=O) groups is 1. The quantitative estimate of drug-likeness (QED) is 0.738. The van der Waals surface area contributed by atoms with Crippen molar-refractivity contribution < 1.29 is 9.90 Å². The van der Waals surface area contributed by atoms with Gasteiger partial charge < -0.3 is 9.90 Å². The summed E-state index contributed by atoms with van der Waals surface area (Å²) in [7, 11) is 0. The molecule has 0 aliphatic rings. The van der Waals surface area contributed by atoms with E-state index in [-0.39, 0.29) is 5.56 Å². The highest BCUT2D eigenvalue weighted by atomic mass is 16.4. The van der Waals surface area contributed by atoms with Crippen LogP contribution in [0, 0.1) is 0 Å². The number of aromatic carboxylic acids is 1. The predicted octanol–water partition coefficient (Wildman–Crippen LogP) is 3.31. The van der Waals surface area contributed by atoms with E-state index in [0.717, 1.165) is 16.7 Å². The summed E-state index contributed by atoms with van der Waals surface area (Å²) < 4.78 is 0. The minimum absolute atomic E-state index is 0.259. The number of carboxylic acids is 1. The lowest BCUT2D eigenvalue weighted by atomic mass is 9.97. The highest BCUT2D eigenvalue weighted by molar-refractivity contribution is 5.87. The van der Waals surface area contributed by atoms with Crippen molar-refractivity contribution in [2.45, 2.75) is 6.42 Å². The van der Waals surface area contributed by atoms with E-state index in [1.165, 1.54) is 5.56 Å². The molecule has 0 atom stereocenters. The van der Waals surface area contributed by atoms with Gasteiger partial charge in [0.05, 0.1) is 5.97 Å². The van der Waals surface area contributed by atoms with Gasteiger partial charge in [-0.2, -0.15) is 0 Å². The first-order valence-electron chi connectivity index (χ1n) is 7.17. The molecule has 2 nitrogen and oxygen atoms in total. The molecule has 3 aromatic rings. The summed E-state index contributed by atoms with van der Waals surface area (Å²) >= 11 is 0. The van der Waals surface area contributed by atoms with E-state index in [1.54, 1.807) is 12.1 Å². The Hall–Kier alpha value is -2.87. The van der Waals surface area contributed by atoms with Crippen molar-refractivity contribution in [2.75, 3.05) is 0 Å². The van der Waals surface area contributed by atoms with Gasteiger partial charge >= 0.3 is 0 Å². The van der Waals surface area contributed by atoms with Crippen LogP contribution in [0.4, 0.5) is 0 Å². The van der Waals surface area contributed by atoms with Crippen molar-refractivity contribution in [3.8, 4) is 11.1 Å². The molecule has 0 bridgehead atoms. The minimum Gasteiger partial charge on any atom is -0.545 e. The monoisotopic (exact) mass is 287 g/mol. The highest BCUT2D eigenvalue weighted by Crippen LogP contribution is 2.21. The average molecular weight is 287 g/mol. The number of rotatable bonds is 4. The zero-order valence-electron chi connectivity index (χ0n) is 12.0. The predicted molar refractivity (Wildman–Crippen MR) is 85.5 cm³/mol. The van der Waals surface area contributed by atoms with Crippen LogP contribution in [0.15, 0.2) is 78.9 Å². The third-order valence-corrected chi connectivity index (χ3v) is 3.69. The highest BCUT2D eigenvalue weighted by Gasteiger charge is 2.04. The number of hydrogen-bond acceptors (Lipinski definition) is 2. The number of carbonyl (C=O) groups excluding carboxylic acids is 1. The molecule has 0 spiro atoms. The Bertz CT molecular complexity index is 774. The summed E-state index contributed by atoms with van der Waals surface area (Å²) in [6, 6.07) is 25.3. The second-order valence-electron chi connectivity index (χ2n) is 5.18. The second-order valence-corrected chi connectivity index (χ2v) is 5.18. The van der Waals surface area contributed by atoms with Gasteiger partial charge in [0, 0.05) is 5.56 Å². The summed E-state index contributed by atoms with van der Waals surface area (Å²) in [6.45, 7) is 0. The number of benzene rings is 3. The van der Waals surface area contributed by atoms with Gasteiger partial charge in [-0.05, 0) is 28.7 Å². The molecule has 0 saturated heterocycles. The van der Waals surface area contributed by atoms with Crippen LogP contribution in [0.5, 0.6) is 0 Å². The van der Waals surface area contributed by atoms with Gasteiger partial charge in [-0.3, -0.25) is 0 Å². The fourth-order valence-electron chi connectivity index (χ4n) is 2.54. The maximum absolute atomic E-state index is 11.1. The summed E-state index contributed by atoms with van der Waals surface area (Å²) in [6.07, 6.45) is 0.583. The topological polar surface area (TPSA) is 40.1 Å². The van der Waals surface area contributed by atoms with E-state index < -0.39 is 5.97 Å². The number of carboxylic acid groups (broad SMARTS) is 1. The molecule has 22 heavy (non-hydrogen) atoms. The van der Waals surface area contributed by atoms with Gasteiger partial charge in [0.15, 0.2) is 0 Å². The van der Waals surface area contributed by atoms with Crippen molar-refractivity contribution in [2.24, 2.45) is 0 Å². The molecule has 0 radical (unpaired) electrons. The molecule has 3 rings (SSSR count). The van der Waals surface area contributed by atoms with E-state index in [0.29, 0.717) is 6.42 Å². The zero-order chi connectivity index (χ0) is 15.4. The Morgan fingerprint density at radius 3 is 2.00 bits per heavy atom. The van der Waals surface area contributed by atoms with Crippen LogP contribution in [-0.4, -0.2) is 5.97 Å². The Morgan fingerprint density at radius 1 is 0.727 bits per heavy atom. The number of hydrogen-bond donors (Lipinski definition) is 0. The summed E-state index contributed by atoms with van der Waals surface area (Å²) in [4.78, 5) is 11.1. The average Bonchev–Trinajstić information content (AvgIpc) is 2.57. The van der Waals surface area contributed by atoms with E-state index in [2.05, 4.69) is 24.3 Å². The Kier molecular flexibility index (Phi) is 4.01. The van der Waals surface area contributed by atoms with Crippen molar-refractivity contribution in [3.05, 3.63) is 95.6 Å². The third-order valence-electron chi connectivity index (χ3n) is 3.69. The molecule has 3 aromatic carbocycles. The first-order valence-corrected chi connectivity index (χ1v) is 7.17. The molecule has 0 N–H and O–H groups in total. The van der Waals surface area contributed by atoms with E-state index in [1.807, 2.05) is 42.5 Å². The van der Waals surface area contributed by atoms with Crippen molar-refractivity contribution in [1.29, 1.82) is 0 Å². The van der Waals surface area contributed by atoms with Crippen LogP contribution in [0.3, 0.4) is 0 Å². The van der Waals surface area contributed by atoms with Gasteiger partial charge in [-0.15, -0.1) is 0 Å². The molecule has 0 saturated carbocycles. The van der Waals surface area contributed by atoms with E-state index in [4.69, 9.17) is 0 Å². The normalized spacial score (nSPS) is 10.4. The first kappa shape index (κ1) is 14.1. The summed E-state index contributed by atoms with van der Waals surface area (Å²) in [5.41, 5.74) is 4.43. The van der Waals surface area contributed by atoms with Gasteiger partial charge in [0.1, 0.15) is 0 Å². The molecule has 0 heterocycles. The van der Waals surface area contributed by atoms with Gasteiger partial charge in [0.2, 0.25) is 0 Å². The molecule has 0 amide bonds. The second kappa shape index (κ2) is 6.27. The van der Waals surface area contributed by atoms with Gasteiger partial charge in [-0.1, -0.05) is 78.9 Å².